The molecule has 3 heteroatoms. The molecule has 0 N–H and O–H groups in total. The van der Waals surface area contributed by atoms with Crippen LogP contribution in [0.1, 0.15) is 20.3 Å². The van der Waals surface area contributed by atoms with Gasteiger partial charge in [0.05, 0.1) is 0 Å². The molecule has 68 valence electrons. The van der Waals surface area contributed by atoms with Crippen molar-refractivity contribution in [2.24, 2.45) is 0 Å². The molecule has 0 fully saturated rings. The summed E-state index contributed by atoms with van der Waals surface area (Å²) in [5.74, 6) is 0. The van der Waals surface area contributed by atoms with Crippen LogP contribution in [0, 0.1) is 0 Å². The van der Waals surface area contributed by atoms with E-state index >= 15 is 0 Å². The molecule has 0 aliphatic heterocycles. The van der Waals surface area contributed by atoms with Crippen LogP contribution in [0.5, 0.6) is 5.06 Å². The molecule has 0 aromatic carbocycles. The highest BCUT2D eigenvalue weighted by molar-refractivity contribution is 7.11. The molecule has 1 aromatic heterocycles. The molecule has 1 aromatic rings. The van der Waals surface area contributed by atoms with Crippen molar-refractivity contribution in [3.05, 3.63) is 17.5 Å². The van der Waals surface area contributed by atoms with Crippen molar-refractivity contribution in [2.75, 3.05) is 6.61 Å². The fourth-order valence-corrected chi connectivity index (χ4v) is 1.49. The molecule has 0 spiro atoms. The smallest absolute Gasteiger partial charge is 0.200 e. The van der Waals surface area contributed by atoms with E-state index in [0.29, 0.717) is 6.61 Å². The fourth-order valence-electron chi connectivity index (χ4n) is 0.881. The maximum Gasteiger partial charge on any atom is 0.200 e. The molecule has 0 saturated heterocycles. The van der Waals surface area contributed by atoms with Gasteiger partial charge in [-0.05, 0) is 24.4 Å². The topological polar surface area (TPSA) is 18.5 Å². The van der Waals surface area contributed by atoms with E-state index in [2.05, 4.69) is 0 Å². The summed E-state index contributed by atoms with van der Waals surface area (Å²) in [6, 6.07) is 3.92. The molecule has 1 rings (SSSR count). The van der Waals surface area contributed by atoms with Gasteiger partial charge in [-0.3, -0.25) is 0 Å². The van der Waals surface area contributed by atoms with Gasteiger partial charge in [-0.2, -0.15) is 0 Å². The average molecular weight is 186 g/mol. The van der Waals surface area contributed by atoms with Crippen molar-refractivity contribution < 1.29 is 9.47 Å². The van der Waals surface area contributed by atoms with Crippen LogP contribution in [-0.2, 0) is 4.74 Å². The van der Waals surface area contributed by atoms with Crippen LogP contribution in [0.2, 0.25) is 0 Å². The van der Waals surface area contributed by atoms with Crippen LogP contribution in [-0.4, -0.2) is 12.9 Å². The normalized spacial score (nSPS) is 12.8. The van der Waals surface area contributed by atoms with Crippen LogP contribution in [0.4, 0.5) is 0 Å². The van der Waals surface area contributed by atoms with Gasteiger partial charge in [0.1, 0.15) is 0 Å². The number of hydrogen-bond donors (Lipinski definition) is 0. The van der Waals surface area contributed by atoms with Gasteiger partial charge in [0.25, 0.3) is 0 Å². The van der Waals surface area contributed by atoms with E-state index in [9.17, 15) is 0 Å². The monoisotopic (exact) mass is 186 g/mol. The van der Waals surface area contributed by atoms with Gasteiger partial charge in [-0.1, -0.05) is 6.92 Å². The fraction of sp³-hybridized carbons (Fsp3) is 0.556. The summed E-state index contributed by atoms with van der Waals surface area (Å²) in [5, 5.41) is 2.92. The van der Waals surface area contributed by atoms with Crippen LogP contribution >= 0.6 is 11.3 Å². The third-order valence-electron chi connectivity index (χ3n) is 1.43. The van der Waals surface area contributed by atoms with Crippen LogP contribution in [0.3, 0.4) is 0 Å². The second kappa shape index (κ2) is 5.17. The zero-order valence-corrected chi connectivity index (χ0v) is 8.26. The number of thiophene rings is 1. The molecule has 12 heavy (non-hydrogen) atoms. The Morgan fingerprint density at radius 1 is 1.50 bits per heavy atom. The van der Waals surface area contributed by atoms with E-state index in [1.54, 1.807) is 11.3 Å². The van der Waals surface area contributed by atoms with Crippen molar-refractivity contribution >= 4 is 11.3 Å². The van der Waals surface area contributed by atoms with Crippen LogP contribution < -0.4 is 4.74 Å². The van der Waals surface area contributed by atoms with E-state index in [1.165, 1.54) is 0 Å². The molecule has 1 atom stereocenters. The molecular formula is C9H14O2S. The lowest BCUT2D eigenvalue weighted by Crippen LogP contribution is -2.18. The van der Waals surface area contributed by atoms with Gasteiger partial charge in [0.2, 0.25) is 6.29 Å². The number of ether oxygens (including phenoxy) is 2. The van der Waals surface area contributed by atoms with Crippen molar-refractivity contribution in [1.82, 2.24) is 0 Å². The van der Waals surface area contributed by atoms with E-state index in [0.717, 1.165) is 11.5 Å². The molecule has 0 bridgehead atoms. The third kappa shape index (κ3) is 2.83. The molecule has 0 aliphatic carbocycles. The summed E-state index contributed by atoms with van der Waals surface area (Å²) in [6.45, 7) is 4.72. The first-order valence-corrected chi connectivity index (χ1v) is 5.06. The highest BCUT2D eigenvalue weighted by Crippen LogP contribution is 2.20. The minimum atomic E-state index is -0.0892. The molecular weight excluding hydrogens is 172 g/mol. The molecule has 0 saturated carbocycles. The minimum Gasteiger partial charge on any atom is -0.455 e. The quantitative estimate of drug-likeness (QED) is 0.658. The molecule has 0 aliphatic rings. The summed E-state index contributed by atoms with van der Waals surface area (Å²) in [5.41, 5.74) is 0. The first kappa shape index (κ1) is 9.55. The molecule has 0 amide bonds. The SMILES string of the molecule is CCOC(CC)Oc1cccs1. The van der Waals surface area contributed by atoms with Gasteiger partial charge in [0, 0.05) is 13.0 Å². The average Bonchev–Trinajstić information content (AvgIpc) is 2.56. The Labute approximate surface area is 77.1 Å². The van der Waals surface area contributed by atoms with Crippen LogP contribution in [0.15, 0.2) is 17.5 Å². The Morgan fingerprint density at radius 2 is 2.33 bits per heavy atom. The first-order chi connectivity index (χ1) is 5.86. The van der Waals surface area contributed by atoms with Gasteiger partial charge in [-0.25, -0.2) is 0 Å². The Morgan fingerprint density at radius 3 is 2.83 bits per heavy atom. The molecule has 2 nitrogen and oxygen atoms in total. The van der Waals surface area contributed by atoms with E-state index in [4.69, 9.17) is 9.47 Å². The standard InChI is InChI=1S/C9H14O2S/c1-3-8(10-4-2)11-9-6-5-7-12-9/h5-8H,3-4H2,1-2H3. The summed E-state index contributed by atoms with van der Waals surface area (Å²) in [7, 11) is 0. The molecule has 1 heterocycles. The maximum atomic E-state index is 5.54. The summed E-state index contributed by atoms with van der Waals surface area (Å²) < 4.78 is 10.9. The van der Waals surface area contributed by atoms with Gasteiger partial charge in [-0.15, -0.1) is 11.3 Å². The molecule has 1 unspecified atom stereocenters. The Kier molecular flexibility index (Phi) is 4.11. The van der Waals surface area contributed by atoms with E-state index < -0.39 is 0 Å². The predicted molar refractivity (Wildman–Crippen MR) is 50.7 cm³/mol. The summed E-state index contributed by atoms with van der Waals surface area (Å²) in [6.07, 6.45) is 0.791. The van der Waals surface area contributed by atoms with Gasteiger partial charge >= 0.3 is 0 Å². The van der Waals surface area contributed by atoms with Crippen molar-refractivity contribution in [1.29, 1.82) is 0 Å². The number of rotatable bonds is 5. The van der Waals surface area contributed by atoms with Crippen LogP contribution in [0.25, 0.3) is 0 Å². The Hall–Kier alpha value is -0.540. The lowest BCUT2D eigenvalue weighted by Gasteiger charge is -2.15. The molecule has 0 radical (unpaired) electrons. The van der Waals surface area contributed by atoms with Crippen molar-refractivity contribution in [3.63, 3.8) is 0 Å². The third-order valence-corrected chi connectivity index (χ3v) is 2.19. The second-order valence-electron chi connectivity index (χ2n) is 2.34. The summed E-state index contributed by atoms with van der Waals surface area (Å²) >= 11 is 1.59. The highest BCUT2D eigenvalue weighted by atomic mass is 32.1. The Bertz CT molecular complexity index is 196. The van der Waals surface area contributed by atoms with Crippen molar-refractivity contribution in [3.8, 4) is 5.06 Å². The largest absolute Gasteiger partial charge is 0.455 e. The highest BCUT2D eigenvalue weighted by Gasteiger charge is 2.06. The minimum absolute atomic E-state index is 0.0892. The lowest BCUT2D eigenvalue weighted by atomic mass is 10.5. The maximum absolute atomic E-state index is 5.54. The Balaban J connectivity index is 2.37. The number of hydrogen-bond acceptors (Lipinski definition) is 3. The lowest BCUT2D eigenvalue weighted by molar-refractivity contribution is -0.0746. The van der Waals surface area contributed by atoms with Gasteiger partial charge < -0.3 is 9.47 Å². The van der Waals surface area contributed by atoms with Crippen molar-refractivity contribution in [2.45, 2.75) is 26.6 Å². The zero-order valence-electron chi connectivity index (χ0n) is 7.45. The second-order valence-corrected chi connectivity index (χ2v) is 3.25. The van der Waals surface area contributed by atoms with E-state index in [1.807, 2.05) is 31.4 Å². The van der Waals surface area contributed by atoms with E-state index in [-0.39, 0.29) is 6.29 Å². The predicted octanol–water partition coefficient (Wildman–Crippen LogP) is 2.90. The summed E-state index contributed by atoms with van der Waals surface area (Å²) in [4.78, 5) is 0. The zero-order chi connectivity index (χ0) is 8.81. The van der Waals surface area contributed by atoms with Gasteiger partial charge in [0.15, 0.2) is 5.06 Å². The first-order valence-electron chi connectivity index (χ1n) is 4.18.